The molecule has 0 saturated carbocycles. The third kappa shape index (κ3) is 15.7. The molecule has 0 aliphatic carbocycles. The summed E-state index contributed by atoms with van der Waals surface area (Å²) < 4.78 is 10.3. The Morgan fingerprint density at radius 3 is 1.38 bits per heavy atom. The fraction of sp³-hybridized carbons (Fsp3) is 0.429. The van der Waals surface area contributed by atoms with E-state index in [1.54, 1.807) is 0 Å². The lowest BCUT2D eigenvalue weighted by atomic mass is 10.4. The van der Waals surface area contributed by atoms with Crippen LogP contribution in [-0.2, 0) is 28.7 Å². The molecule has 0 atom stereocenters. The van der Waals surface area contributed by atoms with Crippen LogP contribution in [0.4, 0.5) is 0 Å². The van der Waals surface area contributed by atoms with Crippen molar-refractivity contribution >= 4 is 23.8 Å². The summed E-state index contributed by atoms with van der Waals surface area (Å²) in [4.78, 5) is 42.5. The largest absolute Gasteiger partial charge is 0.478 e. The van der Waals surface area contributed by atoms with Crippen LogP contribution in [0, 0.1) is 0 Å². The molecular formula is C14H20N2O8. The summed E-state index contributed by atoms with van der Waals surface area (Å²) in [6, 6.07) is 0. The van der Waals surface area contributed by atoms with Crippen molar-refractivity contribution in [1.29, 1.82) is 0 Å². The van der Waals surface area contributed by atoms with Gasteiger partial charge in [0, 0.05) is 37.4 Å². The summed E-state index contributed by atoms with van der Waals surface area (Å²) in [6.45, 7) is 1.52. The third-order valence-corrected chi connectivity index (χ3v) is 2.22. The average Bonchev–Trinajstić information content (AvgIpc) is 2.52. The van der Waals surface area contributed by atoms with E-state index in [0.717, 1.165) is 24.3 Å². The highest BCUT2D eigenvalue weighted by Crippen LogP contribution is 1.80. The lowest BCUT2D eigenvalue weighted by molar-refractivity contribution is -0.132. The van der Waals surface area contributed by atoms with Gasteiger partial charge in [-0.25, -0.2) is 9.59 Å². The Balaban J connectivity index is 3.40. The number of carbonyl (C=O) groups excluding carboxylic acids is 2. The van der Waals surface area contributed by atoms with Gasteiger partial charge in [-0.15, -0.1) is 0 Å². The molecule has 10 nitrogen and oxygen atoms in total. The van der Waals surface area contributed by atoms with Gasteiger partial charge in [0.05, 0.1) is 26.4 Å². The second-order valence-electron chi connectivity index (χ2n) is 4.15. The number of hydrogen-bond acceptors (Lipinski definition) is 6. The monoisotopic (exact) mass is 344 g/mol. The average molecular weight is 344 g/mol. The summed E-state index contributed by atoms with van der Waals surface area (Å²) in [5.74, 6) is -3.45. The SMILES string of the molecule is O=C(O)/C=C\C(=O)NCCOCCOCCNC(=O)/C=C\C(=O)O. The van der Waals surface area contributed by atoms with Crippen molar-refractivity contribution in [2.45, 2.75) is 0 Å². The third-order valence-electron chi connectivity index (χ3n) is 2.22. The first-order chi connectivity index (χ1) is 11.4. The van der Waals surface area contributed by atoms with Crippen molar-refractivity contribution in [1.82, 2.24) is 10.6 Å². The van der Waals surface area contributed by atoms with E-state index in [2.05, 4.69) is 10.6 Å². The van der Waals surface area contributed by atoms with E-state index in [4.69, 9.17) is 19.7 Å². The van der Waals surface area contributed by atoms with E-state index in [9.17, 15) is 19.2 Å². The highest BCUT2D eigenvalue weighted by Gasteiger charge is 1.98. The topological polar surface area (TPSA) is 151 Å². The molecule has 0 bridgehead atoms. The van der Waals surface area contributed by atoms with Gasteiger partial charge in [-0.2, -0.15) is 0 Å². The Kier molecular flexibility index (Phi) is 12.3. The Hall–Kier alpha value is -2.72. The van der Waals surface area contributed by atoms with Gasteiger partial charge < -0.3 is 30.3 Å². The van der Waals surface area contributed by atoms with Crippen molar-refractivity contribution < 1.29 is 38.9 Å². The molecule has 0 aliphatic heterocycles. The van der Waals surface area contributed by atoms with Crippen LogP contribution in [0.3, 0.4) is 0 Å². The summed E-state index contributed by atoms with van der Waals surface area (Å²) >= 11 is 0. The summed E-state index contributed by atoms with van der Waals surface area (Å²) in [7, 11) is 0. The fourth-order valence-corrected chi connectivity index (χ4v) is 1.23. The van der Waals surface area contributed by atoms with Gasteiger partial charge in [0.2, 0.25) is 11.8 Å². The molecule has 0 rings (SSSR count). The standard InChI is InChI=1S/C14H20N2O8/c17-11(1-3-13(19)20)15-5-7-23-9-10-24-8-6-16-12(18)2-4-14(21)22/h1-4H,5-10H2,(H,15,17)(H,16,18)(H,19,20)(H,21,22)/b3-1-,4-2-. The molecule has 0 aromatic rings. The zero-order valence-corrected chi connectivity index (χ0v) is 12.9. The van der Waals surface area contributed by atoms with Crippen LogP contribution in [0.1, 0.15) is 0 Å². The Labute approximate surface area is 138 Å². The van der Waals surface area contributed by atoms with Crippen molar-refractivity contribution in [2.24, 2.45) is 0 Å². The van der Waals surface area contributed by atoms with Crippen LogP contribution < -0.4 is 10.6 Å². The quantitative estimate of drug-likeness (QED) is 0.234. The Bertz CT molecular complexity index is 443. The minimum atomic E-state index is -1.20. The fourth-order valence-electron chi connectivity index (χ4n) is 1.23. The normalized spacial score (nSPS) is 10.8. The van der Waals surface area contributed by atoms with Gasteiger partial charge in [-0.3, -0.25) is 9.59 Å². The summed E-state index contributed by atoms with van der Waals surface area (Å²) in [5.41, 5.74) is 0. The van der Waals surface area contributed by atoms with Crippen molar-refractivity contribution in [3.05, 3.63) is 24.3 Å². The van der Waals surface area contributed by atoms with Crippen molar-refractivity contribution in [3.8, 4) is 0 Å². The molecule has 24 heavy (non-hydrogen) atoms. The molecule has 0 aliphatic rings. The molecule has 0 fully saturated rings. The van der Waals surface area contributed by atoms with Gasteiger partial charge in [0.15, 0.2) is 0 Å². The number of aliphatic carboxylic acids is 2. The minimum Gasteiger partial charge on any atom is -0.478 e. The predicted octanol–water partition coefficient (Wildman–Crippen LogP) is -1.47. The van der Waals surface area contributed by atoms with Crippen LogP contribution in [0.2, 0.25) is 0 Å². The maximum atomic E-state index is 11.1. The number of hydrogen-bond donors (Lipinski definition) is 4. The van der Waals surface area contributed by atoms with Crippen molar-refractivity contribution in [2.75, 3.05) is 39.5 Å². The zero-order valence-electron chi connectivity index (χ0n) is 12.9. The molecular weight excluding hydrogens is 324 g/mol. The number of rotatable bonds is 13. The van der Waals surface area contributed by atoms with Crippen LogP contribution in [0.5, 0.6) is 0 Å². The molecule has 0 heterocycles. The van der Waals surface area contributed by atoms with Gasteiger partial charge >= 0.3 is 11.9 Å². The minimum absolute atomic E-state index is 0.231. The zero-order chi connectivity index (χ0) is 18.2. The van der Waals surface area contributed by atoms with Crippen molar-refractivity contribution in [3.63, 3.8) is 0 Å². The molecule has 0 aromatic heterocycles. The predicted molar refractivity (Wildman–Crippen MR) is 81.2 cm³/mol. The first-order valence-electron chi connectivity index (χ1n) is 6.95. The van der Waals surface area contributed by atoms with Gasteiger partial charge in [-0.1, -0.05) is 0 Å². The van der Waals surface area contributed by atoms with Gasteiger partial charge in [0.1, 0.15) is 0 Å². The first-order valence-corrected chi connectivity index (χ1v) is 6.95. The van der Waals surface area contributed by atoms with E-state index in [1.807, 2.05) is 0 Å². The number of amides is 2. The molecule has 134 valence electrons. The highest BCUT2D eigenvalue weighted by atomic mass is 16.5. The van der Waals surface area contributed by atoms with E-state index in [1.165, 1.54) is 0 Å². The van der Waals surface area contributed by atoms with E-state index < -0.39 is 23.8 Å². The molecule has 0 unspecified atom stereocenters. The Morgan fingerprint density at radius 2 is 1.04 bits per heavy atom. The van der Waals surface area contributed by atoms with E-state index in [-0.39, 0.29) is 39.5 Å². The van der Waals surface area contributed by atoms with Crippen LogP contribution >= 0.6 is 0 Å². The maximum Gasteiger partial charge on any atom is 0.328 e. The van der Waals surface area contributed by atoms with E-state index >= 15 is 0 Å². The molecule has 0 radical (unpaired) electrons. The number of ether oxygens (including phenoxy) is 2. The van der Waals surface area contributed by atoms with E-state index in [0.29, 0.717) is 0 Å². The smallest absolute Gasteiger partial charge is 0.328 e. The molecule has 0 spiro atoms. The van der Waals surface area contributed by atoms with Crippen LogP contribution in [-0.4, -0.2) is 73.5 Å². The van der Waals surface area contributed by atoms with Gasteiger partial charge in [0.25, 0.3) is 0 Å². The number of carbonyl (C=O) groups is 4. The lowest BCUT2D eigenvalue weighted by Gasteiger charge is -2.06. The molecule has 0 saturated heterocycles. The second kappa shape index (κ2) is 13.9. The maximum absolute atomic E-state index is 11.1. The first kappa shape index (κ1) is 21.3. The van der Waals surface area contributed by atoms with Crippen LogP contribution in [0.25, 0.3) is 0 Å². The molecule has 0 aromatic carbocycles. The highest BCUT2D eigenvalue weighted by molar-refractivity contribution is 5.94. The molecule has 2 amide bonds. The van der Waals surface area contributed by atoms with Crippen LogP contribution in [0.15, 0.2) is 24.3 Å². The Morgan fingerprint density at radius 1 is 0.667 bits per heavy atom. The number of carboxylic acid groups (broad SMARTS) is 2. The molecule has 10 heteroatoms. The summed E-state index contributed by atoms with van der Waals surface area (Å²) in [5, 5.41) is 21.5. The summed E-state index contributed by atoms with van der Waals surface area (Å²) in [6.07, 6.45) is 3.29. The number of nitrogens with one attached hydrogen (secondary N) is 2. The number of carboxylic acids is 2. The second-order valence-corrected chi connectivity index (χ2v) is 4.15. The lowest BCUT2D eigenvalue weighted by Crippen LogP contribution is -2.27. The molecule has 4 N–H and O–H groups in total. The van der Waals surface area contributed by atoms with Gasteiger partial charge in [-0.05, 0) is 0 Å².